The number of carbonyl (C=O) groups excluding carboxylic acids is 1. The highest BCUT2D eigenvalue weighted by Gasteiger charge is 2.25. The van der Waals surface area contributed by atoms with Crippen LogP contribution in [-0.4, -0.2) is 34.2 Å². The lowest BCUT2D eigenvalue weighted by molar-refractivity contribution is -0.153. The van der Waals surface area contributed by atoms with Crippen LogP contribution in [0, 0.1) is 0 Å². The van der Waals surface area contributed by atoms with E-state index in [1.807, 2.05) is 0 Å². The van der Waals surface area contributed by atoms with Crippen LogP contribution >= 0.6 is 0 Å². The van der Waals surface area contributed by atoms with E-state index < -0.39 is 30.4 Å². The topological polar surface area (TPSA) is 101 Å². The third-order valence-corrected chi connectivity index (χ3v) is 1.89. The summed E-state index contributed by atoms with van der Waals surface area (Å²) in [5.41, 5.74) is 0.170. The van der Waals surface area contributed by atoms with Gasteiger partial charge in [-0.25, -0.2) is 9.59 Å². The molecule has 1 atom stereocenters. The predicted octanol–water partition coefficient (Wildman–Crippen LogP) is 0.771. The van der Waals surface area contributed by atoms with Gasteiger partial charge in [-0.1, -0.05) is 18.2 Å². The first-order valence-corrected chi connectivity index (χ1v) is 4.71. The highest BCUT2D eigenvalue weighted by molar-refractivity contribution is 5.92. The van der Waals surface area contributed by atoms with Gasteiger partial charge >= 0.3 is 17.9 Å². The molecule has 1 unspecified atom stereocenters. The fraction of sp³-hybridized carbons (Fsp3) is 0.182. The summed E-state index contributed by atoms with van der Waals surface area (Å²) in [6.45, 7) is 0. The Labute approximate surface area is 96.4 Å². The van der Waals surface area contributed by atoms with E-state index in [0.29, 0.717) is 0 Å². The minimum atomic E-state index is -1.68. The number of carbonyl (C=O) groups is 3. The number of carboxylic acids is 2. The molecule has 0 fully saturated rings. The molecule has 0 bridgehead atoms. The Morgan fingerprint density at radius 3 is 2.18 bits per heavy atom. The molecular formula is C11H10O6. The highest BCUT2D eigenvalue weighted by atomic mass is 16.6. The molecular weight excluding hydrogens is 228 g/mol. The molecule has 17 heavy (non-hydrogen) atoms. The second-order valence-electron chi connectivity index (χ2n) is 3.20. The molecule has 1 aromatic rings. The van der Waals surface area contributed by atoms with Crippen LogP contribution in [-0.2, 0) is 14.3 Å². The SMILES string of the molecule is O=C(O)CC(OC(=O)c1ccccc1)C(=O)O. The Hall–Kier alpha value is -2.37. The minimum absolute atomic E-state index is 0.170. The van der Waals surface area contributed by atoms with E-state index in [4.69, 9.17) is 10.2 Å². The number of esters is 1. The minimum Gasteiger partial charge on any atom is -0.481 e. The molecule has 2 N–H and O–H groups in total. The highest BCUT2D eigenvalue weighted by Crippen LogP contribution is 2.06. The van der Waals surface area contributed by atoms with Gasteiger partial charge in [0.2, 0.25) is 6.10 Å². The van der Waals surface area contributed by atoms with Crippen LogP contribution in [0.3, 0.4) is 0 Å². The summed E-state index contributed by atoms with van der Waals surface area (Å²) in [7, 11) is 0. The van der Waals surface area contributed by atoms with Gasteiger partial charge in [-0.15, -0.1) is 0 Å². The number of benzene rings is 1. The maximum atomic E-state index is 11.5. The summed E-state index contributed by atoms with van der Waals surface area (Å²) >= 11 is 0. The molecule has 0 spiro atoms. The number of hydrogen-bond acceptors (Lipinski definition) is 4. The van der Waals surface area contributed by atoms with Gasteiger partial charge in [0.15, 0.2) is 0 Å². The zero-order valence-electron chi connectivity index (χ0n) is 8.70. The second-order valence-corrected chi connectivity index (χ2v) is 3.20. The fourth-order valence-corrected chi connectivity index (χ4v) is 1.11. The molecule has 0 amide bonds. The Morgan fingerprint density at radius 1 is 1.12 bits per heavy atom. The van der Waals surface area contributed by atoms with Gasteiger partial charge < -0.3 is 14.9 Å². The zero-order valence-corrected chi connectivity index (χ0v) is 8.70. The first-order valence-electron chi connectivity index (χ1n) is 4.71. The van der Waals surface area contributed by atoms with Crippen molar-refractivity contribution >= 4 is 17.9 Å². The Bertz CT molecular complexity index is 425. The predicted molar refractivity (Wildman–Crippen MR) is 55.5 cm³/mol. The smallest absolute Gasteiger partial charge is 0.345 e. The summed E-state index contributed by atoms with van der Waals surface area (Å²) < 4.78 is 4.59. The average molecular weight is 238 g/mol. The van der Waals surface area contributed by atoms with Crippen molar-refractivity contribution in [1.29, 1.82) is 0 Å². The first kappa shape index (κ1) is 12.7. The lowest BCUT2D eigenvalue weighted by Crippen LogP contribution is -2.29. The van der Waals surface area contributed by atoms with E-state index in [1.165, 1.54) is 12.1 Å². The summed E-state index contributed by atoms with van der Waals surface area (Å²) in [5.74, 6) is -3.70. The van der Waals surface area contributed by atoms with Crippen LogP contribution in [0.5, 0.6) is 0 Å². The first-order chi connectivity index (χ1) is 8.00. The third-order valence-electron chi connectivity index (χ3n) is 1.89. The lowest BCUT2D eigenvalue weighted by atomic mass is 10.2. The van der Waals surface area contributed by atoms with E-state index in [0.717, 1.165) is 0 Å². The van der Waals surface area contributed by atoms with Crippen molar-refractivity contribution in [3.63, 3.8) is 0 Å². The van der Waals surface area contributed by atoms with E-state index in [9.17, 15) is 14.4 Å². The normalized spacial score (nSPS) is 11.5. The van der Waals surface area contributed by atoms with Crippen LogP contribution in [0.25, 0.3) is 0 Å². The average Bonchev–Trinajstić information content (AvgIpc) is 2.28. The molecule has 0 saturated carbocycles. The van der Waals surface area contributed by atoms with E-state index >= 15 is 0 Å². The van der Waals surface area contributed by atoms with Crippen molar-refractivity contribution in [3.8, 4) is 0 Å². The fourth-order valence-electron chi connectivity index (χ4n) is 1.11. The van der Waals surface area contributed by atoms with Gasteiger partial charge in [0.05, 0.1) is 12.0 Å². The van der Waals surface area contributed by atoms with Crippen LogP contribution in [0.2, 0.25) is 0 Å². The Morgan fingerprint density at radius 2 is 1.71 bits per heavy atom. The van der Waals surface area contributed by atoms with E-state index in [-0.39, 0.29) is 5.56 Å². The van der Waals surface area contributed by atoms with E-state index in [1.54, 1.807) is 18.2 Å². The van der Waals surface area contributed by atoms with Crippen molar-refractivity contribution in [2.24, 2.45) is 0 Å². The maximum Gasteiger partial charge on any atom is 0.345 e. The van der Waals surface area contributed by atoms with Crippen molar-refractivity contribution in [1.82, 2.24) is 0 Å². The van der Waals surface area contributed by atoms with Gasteiger partial charge in [0, 0.05) is 0 Å². The largest absolute Gasteiger partial charge is 0.481 e. The number of hydrogen-bond donors (Lipinski definition) is 2. The monoisotopic (exact) mass is 238 g/mol. The Balaban J connectivity index is 2.71. The summed E-state index contributed by atoms with van der Waals surface area (Å²) in [5, 5.41) is 17.1. The molecule has 0 aliphatic heterocycles. The Kier molecular flexibility index (Phi) is 4.21. The molecule has 0 saturated heterocycles. The summed E-state index contributed by atoms with van der Waals surface area (Å²) in [4.78, 5) is 32.5. The van der Waals surface area contributed by atoms with Crippen molar-refractivity contribution in [2.75, 3.05) is 0 Å². The van der Waals surface area contributed by atoms with Gasteiger partial charge in [-0.3, -0.25) is 4.79 Å². The molecule has 1 aromatic carbocycles. The molecule has 0 radical (unpaired) electrons. The van der Waals surface area contributed by atoms with Crippen molar-refractivity contribution < 1.29 is 29.3 Å². The molecule has 1 rings (SSSR count). The van der Waals surface area contributed by atoms with Crippen LogP contribution in [0.15, 0.2) is 30.3 Å². The summed E-state index contributed by atoms with van der Waals surface area (Å²) in [6, 6.07) is 7.75. The van der Waals surface area contributed by atoms with Crippen molar-refractivity contribution in [3.05, 3.63) is 35.9 Å². The second kappa shape index (κ2) is 5.64. The number of carboxylic acid groups (broad SMARTS) is 2. The molecule has 0 aromatic heterocycles. The zero-order chi connectivity index (χ0) is 12.8. The van der Waals surface area contributed by atoms with Crippen LogP contribution in [0.1, 0.15) is 16.8 Å². The molecule has 0 aliphatic carbocycles. The molecule has 6 heteroatoms. The third kappa shape index (κ3) is 3.94. The summed E-state index contributed by atoms with van der Waals surface area (Å²) in [6.07, 6.45) is -2.45. The van der Waals surface area contributed by atoms with Gasteiger partial charge in [0.25, 0.3) is 0 Å². The van der Waals surface area contributed by atoms with Gasteiger partial charge in [-0.05, 0) is 12.1 Å². The molecule has 0 heterocycles. The van der Waals surface area contributed by atoms with E-state index in [2.05, 4.69) is 4.74 Å². The van der Waals surface area contributed by atoms with Crippen LogP contribution in [0.4, 0.5) is 0 Å². The standard InChI is InChI=1S/C11H10O6/c12-9(13)6-8(10(14)15)17-11(16)7-4-2-1-3-5-7/h1-5,8H,6H2,(H,12,13)(H,14,15). The van der Waals surface area contributed by atoms with Gasteiger partial charge in [-0.2, -0.15) is 0 Å². The number of rotatable bonds is 5. The van der Waals surface area contributed by atoms with Crippen LogP contribution < -0.4 is 0 Å². The molecule has 0 aliphatic rings. The van der Waals surface area contributed by atoms with Gasteiger partial charge in [0.1, 0.15) is 0 Å². The lowest BCUT2D eigenvalue weighted by Gasteiger charge is -2.11. The molecule has 6 nitrogen and oxygen atoms in total. The quantitative estimate of drug-likeness (QED) is 0.735. The molecule has 90 valence electrons. The maximum absolute atomic E-state index is 11.5. The number of aliphatic carboxylic acids is 2. The van der Waals surface area contributed by atoms with Crippen molar-refractivity contribution in [2.45, 2.75) is 12.5 Å². The number of ether oxygens (including phenoxy) is 1.